The molecule has 3 heterocycles. The molecular weight excluding hydrogens is 502 g/mol. The number of aromatic nitrogens is 3. The van der Waals surface area contributed by atoms with Crippen LogP contribution >= 0.6 is 0 Å². The van der Waals surface area contributed by atoms with Crippen molar-refractivity contribution in [1.82, 2.24) is 24.2 Å². The van der Waals surface area contributed by atoms with E-state index in [1.807, 2.05) is 50.2 Å². The minimum atomic E-state index is -3.69. The number of sulfonamides is 1. The Morgan fingerprint density at radius 2 is 1.74 bits per heavy atom. The van der Waals surface area contributed by atoms with Crippen LogP contribution in [-0.2, 0) is 21.4 Å². The van der Waals surface area contributed by atoms with Gasteiger partial charge >= 0.3 is 0 Å². The number of benzene rings is 2. The summed E-state index contributed by atoms with van der Waals surface area (Å²) in [6, 6.07) is 15.9. The van der Waals surface area contributed by atoms with Crippen LogP contribution in [0, 0.1) is 5.92 Å². The van der Waals surface area contributed by atoms with Gasteiger partial charge in [-0.25, -0.2) is 18.4 Å². The summed E-state index contributed by atoms with van der Waals surface area (Å²) in [5, 5.41) is 4.82. The normalized spacial score (nSPS) is 16.2. The summed E-state index contributed by atoms with van der Waals surface area (Å²) in [6.45, 7) is 6.07. The van der Waals surface area contributed by atoms with E-state index in [9.17, 15) is 13.2 Å². The average Bonchev–Trinajstić information content (AvgIpc) is 2.91. The number of rotatable bonds is 8. The molecule has 0 unspecified atom stereocenters. The molecule has 1 fully saturated rings. The lowest BCUT2D eigenvalue weighted by molar-refractivity contribution is -0.119. The molecule has 1 amide bonds. The number of hydrogen-bond donors (Lipinski definition) is 2. The Balaban J connectivity index is 1.33. The van der Waals surface area contributed by atoms with Crippen molar-refractivity contribution in [1.29, 1.82) is 0 Å². The highest BCUT2D eigenvalue weighted by Gasteiger charge is 2.30. The van der Waals surface area contributed by atoms with Gasteiger partial charge in [-0.2, -0.15) is 4.31 Å². The maximum absolute atomic E-state index is 13.5. The number of amides is 1. The first-order valence-corrected chi connectivity index (χ1v) is 14.1. The van der Waals surface area contributed by atoms with Crippen molar-refractivity contribution in [3.05, 3.63) is 66.6 Å². The topological polar surface area (TPSA) is 134 Å². The lowest BCUT2D eigenvalue weighted by atomic mass is 10.0. The number of pyridine rings is 1. The van der Waals surface area contributed by atoms with Crippen molar-refractivity contribution in [2.75, 3.05) is 31.5 Å². The van der Waals surface area contributed by atoms with Gasteiger partial charge in [0.1, 0.15) is 22.6 Å². The van der Waals surface area contributed by atoms with Crippen molar-refractivity contribution in [2.45, 2.75) is 31.3 Å². The van der Waals surface area contributed by atoms with Gasteiger partial charge in [-0.1, -0.05) is 44.2 Å². The standard InChI is InChI=1S/C27H31N7O3S/c1-18(2)24(26(28)35)32-27-20-9-3-4-10-21(20)30-23(31-27)17-33-13-15-34(16-14-33)38(36,37)22-11-5-7-19-8-6-12-29-25(19)22/h3-12,18,24H,13-17H2,1-2H3,(H2,28,35)(H,30,31,32)/t24-/m0/s1. The molecule has 2 aromatic heterocycles. The fraction of sp³-hybridized carbons (Fsp3) is 0.333. The van der Waals surface area contributed by atoms with Gasteiger partial charge in [-0.3, -0.25) is 14.7 Å². The predicted molar refractivity (Wildman–Crippen MR) is 147 cm³/mol. The number of nitrogens with one attached hydrogen (secondary N) is 1. The molecule has 1 saturated heterocycles. The summed E-state index contributed by atoms with van der Waals surface area (Å²) in [6.07, 6.45) is 1.61. The number of piperazine rings is 1. The molecule has 0 spiro atoms. The van der Waals surface area contributed by atoms with E-state index in [1.165, 1.54) is 4.31 Å². The molecule has 3 N–H and O–H groups in total. The number of carbonyl (C=O) groups excluding carboxylic acids is 1. The fourth-order valence-corrected chi connectivity index (χ4v) is 6.36. The Hall–Kier alpha value is -3.67. The van der Waals surface area contributed by atoms with Crippen LogP contribution in [-0.4, -0.2) is 70.7 Å². The Morgan fingerprint density at radius 1 is 1.00 bits per heavy atom. The van der Waals surface area contributed by atoms with Crippen molar-refractivity contribution < 1.29 is 13.2 Å². The Kier molecular flexibility index (Phi) is 7.24. The largest absolute Gasteiger partial charge is 0.368 e. The third-order valence-electron chi connectivity index (χ3n) is 6.82. The van der Waals surface area contributed by atoms with Crippen molar-refractivity contribution in [2.24, 2.45) is 11.7 Å². The summed E-state index contributed by atoms with van der Waals surface area (Å²) in [5.41, 5.74) is 6.87. The van der Waals surface area contributed by atoms with Gasteiger partial charge < -0.3 is 11.1 Å². The molecule has 1 aliphatic heterocycles. The molecule has 0 radical (unpaired) electrons. The maximum Gasteiger partial charge on any atom is 0.245 e. The number of hydrogen-bond acceptors (Lipinski definition) is 8. The number of anilines is 1. The zero-order valence-electron chi connectivity index (χ0n) is 21.4. The van der Waals surface area contributed by atoms with E-state index in [0.717, 1.165) is 16.3 Å². The molecule has 1 aliphatic rings. The predicted octanol–water partition coefficient (Wildman–Crippen LogP) is 2.61. The minimum Gasteiger partial charge on any atom is -0.368 e. The highest BCUT2D eigenvalue weighted by molar-refractivity contribution is 7.89. The molecule has 198 valence electrons. The van der Waals surface area contributed by atoms with Crippen molar-refractivity contribution in [3.63, 3.8) is 0 Å². The second-order valence-electron chi connectivity index (χ2n) is 9.79. The quantitative estimate of drug-likeness (QED) is 0.353. The lowest BCUT2D eigenvalue weighted by Gasteiger charge is -2.33. The molecule has 11 heteroatoms. The molecule has 1 atom stereocenters. The third kappa shape index (κ3) is 5.17. The van der Waals surface area contributed by atoms with E-state index in [4.69, 9.17) is 15.7 Å². The molecule has 2 aromatic carbocycles. The molecule has 0 aliphatic carbocycles. The van der Waals surface area contributed by atoms with Crippen LogP contribution in [0.25, 0.3) is 21.8 Å². The summed E-state index contributed by atoms with van der Waals surface area (Å²) in [4.78, 5) is 28.2. The first-order chi connectivity index (χ1) is 18.2. The summed E-state index contributed by atoms with van der Waals surface area (Å²) >= 11 is 0. The molecule has 10 nitrogen and oxygen atoms in total. The van der Waals surface area contributed by atoms with Crippen LogP contribution < -0.4 is 11.1 Å². The highest BCUT2D eigenvalue weighted by atomic mass is 32.2. The number of para-hydroxylation sites is 2. The van der Waals surface area contributed by atoms with Crippen molar-refractivity contribution in [3.8, 4) is 0 Å². The summed E-state index contributed by atoms with van der Waals surface area (Å²) in [7, 11) is -3.69. The molecule has 0 saturated carbocycles. The lowest BCUT2D eigenvalue weighted by Crippen LogP contribution is -2.48. The molecule has 5 rings (SSSR count). The Morgan fingerprint density at radius 3 is 2.47 bits per heavy atom. The third-order valence-corrected chi connectivity index (χ3v) is 8.75. The molecule has 4 aromatic rings. The van der Waals surface area contributed by atoms with E-state index in [0.29, 0.717) is 49.9 Å². The molecular formula is C27H31N7O3S. The van der Waals surface area contributed by atoms with E-state index in [1.54, 1.807) is 24.4 Å². The van der Waals surface area contributed by atoms with Crippen LogP contribution in [0.5, 0.6) is 0 Å². The smallest absolute Gasteiger partial charge is 0.245 e. The molecule has 0 bridgehead atoms. The monoisotopic (exact) mass is 533 g/mol. The number of fused-ring (bicyclic) bond motifs is 2. The van der Waals surface area contributed by atoms with E-state index in [-0.39, 0.29) is 10.8 Å². The maximum atomic E-state index is 13.5. The van der Waals surface area contributed by atoms with Gasteiger partial charge in [0.15, 0.2) is 0 Å². The van der Waals surface area contributed by atoms with Gasteiger partial charge in [-0.05, 0) is 30.2 Å². The zero-order chi connectivity index (χ0) is 26.9. The Bertz CT molecular complexity index is 1580. The summed E-state index contributed by atoms with van der Waals surface area (Å²) < 4.78 is 28.4. The average molecular weight is 534 g/mol. The zero-order valence-corrected chi connectivity index (χ0v) is 22.2. The first-order valence-electron chi connectivity index (χ1n) is 12.6. The Labute approximate surface area is 221 Å². The number of nitrogens with zero attached hydrogens (tertiary/aromatic N) is 5. The van der Waals surface area contributed by atoms with Crippen LogP contribution in [0.15, 0.2) is 65.7 Å². The van der Waals surface area contributed by atoms with Crippen LogP contribution in [0.2, 0.25) is 0 Å². The highest BCUT2D eigenvalue weighted by Crippen LogP contribution is 2.26. The van der Waals surface area contributed by atoms with Gasteiger partial charge in [-0.15, -0.1) is 0 Å². The number of carbonyl (C=O) groups is 1. The van der Waals surface area contributed by atoms with E-state index in [2.05, 4.69) is 15.2 Å². The second kappa shape index (κ2) is 10.6. The van der Waals surface area contributed by atoms with Gasteiger partial charge in [0.2, 0.25) is 15.9 Å². The molecule has 38 heavy (non-hydrogen) atoms. The second-order valence-corrected chi connectivity index (χ2v) is 11.7. The summed E-state index contributed by atoms with van der Waals surface area (Å²) in [5.74, 6) is 0.695. The van der Waals surface area contributed by atoms with Gasteiger partial charge in [0, 0.05) is 43.1 Å². The first kappa shape index (κ1) is 26.0. The minimum absolute atomic E-state index is 0.0170. The van der Waals surface area contributed by atoms with Gasteiger partial charge in [0.25, 0.3) is 0 Å². The SMILES string of the molecule is CC(C)[C@H](Nc1nc(CN2CCN(S(=O)(=O)c3cccc4cccnc34)CC2)nc2ccccc12)C(N)=O. The fourth-order valence-electron chi connectivity index (χ4n) is 4.77. The number of primary amides is 1. The van der Waals surface area contributed by atoms with Crippen molar-refractivity contribution >= 4 is 43.6 Å². The van der Waals surface area contributed by atoms with E-state index >= 15 is 0 Å². The number of nitrogens with two attached hydrogens (primary N) is 1. The van der Waals surface area contributed by atoms with Gasteiger partial charge in [0.05, 0.1) is 17.6 Å². The van der Waals surface area contributed by atoms with Crippen LogP contribution in [0.1, 0.15) is 19.7 Å². The van der Waals surface area contributed by atoms with E-state index < -0.39 is 22.0 Å². The van der Waals surface area contributed by atoms with Crippen LogP contribution in [0.4, 0.5) is 5.82 Å². The van der Waals surface area contributed by atoms with Crippen LogP contribution in [0.3, 0.4) is 0 Å².